The Morgan fingerprint density at radius 3 is 2.44 bits per heavy atom. The molecule has 1 aliphatic carbocycles. The number of halogens is 1. The third kappa shape index (κ3) is 9.76. The molecule has 2 rings (SSSR count). The van der Waals surface area contributed by atoms with Crippen molar-refractivity contribution < 1.29 is 13.2 Å². The second-order valence-corrected chi connectivity index (χ2v) is 9.84. The Hall–Kier alpha value is -0.130. The zero-order valence-corrected chi connectivity index (χ0v) is 20.0. The monoisotopic (exact) mass is 516 g/mol. The Morgan fingerprint density at radius 2 is 1.85 bits per heavy atom. The van der Waals surface area contributed by atoms with Gasteiger partial charge in [0.15, 0.2) is 5.96 Å². The van der Waals surface area contributed by atoms with Crippen LogP contribution >= 0.6 is 24.0 Å². The van der Waals surface area contributed by atoms with Gasteiger partial charge in [0, 0.05) is 32.8 Å². The molecule has 0 amide bonds. The first kappa shape index (κ1) is 24.9. The molecule has 3 N–H and O–H groups in total. The van der Waals surface area contributed by atoms with E-state index in [1.165, 1.54) is 6.42 Å². The molecule has 1 heterocycles. The minimum absolute atomic E-state index is 0. The number of hydrogen-bond acceptors (Lipinski definition) is 4. The smallest absolute Gasteiger partial charge is 0.213 e. The van der Waals surface area contributed by atoms with Gasteiger partial charge < -0.3 is 15.4 Å². The van der Waals surface area contributed by atoms with Crippen LogP contribution < -0.4 is 15.4 Å². The van der Waals surface area contributed by atoms with Gasteiger partial charge in [0.2, 0.25) is 10.0 Å². The van der Waals surface area contributed by atoms with Crippen LogP contribution in [-0.4, -0.2) is 59.0 Å². The summed E-state index contributed by atoms with van der Waals surface area (Å²) >= 11 is 0. The summed E-state index contributed by atoms with van der Waals surface area (Å²) in [5.41, 5.74) is 0. The summed E-state index contributed by atoms with van der Waals surface area (Å²) in [5.74, 6) is 2.13. The van der Waals surface area contributed by atoms with Crippen LogP contribution in [-0.2, 0) is 14.8 Å². The molecule has 27 heavy (non-hydrogen) atoms. The lowest BCUT2D eigenvalue weighted by Crippen LogP contribution is -2.47. The highest BCUT2D eigenvalue weighted by molar-refractivity contribution is 14.0. The fourth-order valence-corrected chi connectivity index (χ4v) is 4.97. The molecule has 0 aromatic rings. The normalized spacial score (nSPS) is 29.7. The van der Waals surface area contributed by atoms with Crippen molar-refractivity contribution in [2.75, 3.05) is 32.5 Å². The summed E-state index contributed by atoms with van der Waals surface area (Å²) in [6, 6.07) is 0.401. The molecule has 0 radical (unpaired) electrons. The van der Waals surface area contributed by atoms with E-state index in [1.54, 1.807) is 7.05 Å². The van der Waals surface area contributed by atoms with Gasteiger partial charge in [-0.2, -0.15) is 0 Å². The number of aliphatic imine (C=N–C) groups is 1. The van der Waals surface area contributed by atoms with Gasteiger partial charge in [-0.1, -0.05) is 13.8 Å². The van der Waals surface area contributed by atoms with Crippen LogP contribution in [0.25, 0.3) is 0 Å². The quantitative estimate of drug-likeness (QED) is 0.274. The fourth-order valence-electron chi connectivity index (χ4n) is 4.02. The van der Waals surface area contributed by atoms with Crippen LogP contribution in [0.2, 0.25) is 0 Å². The minimum atomic E-state index is -3.31. The lowest BCUT2D eigenvalue weighted by molar-refractivity contribution is 0.0200. The Labute approximate surface area is 181 Å². The molecular formula is C18H37IN4O3S. The average molecular weight is 516 g/mol. The predicted octanol–water partition coefficient (Wildman–Crippen LogP) is 2.08. The van der Waals surface area contributed by atoms with E-state index in [2.05, 4.69) is 34.2 Å². The summed E-state index contributed by atoms with van der Waals surface area (Å²) in [5, 5.41) is 6.57. The van der Waals surface area contributed by atoms with E-state index in [9.17, 15) is 8.42 Å². The maximum atomic E-state index is 12.2. The molecule has 2 aliphatic rings. The molecule has 0 aromatic carbocycles. The number of nitrogens with zero attached hydrogens (tertiary/aromatic N) is 1. The van der Waals surface area contributed by atoms with Gasteiger partial charge in [-0.05, 0) is 50.4 Å². The largest absolute Gasteiger partial charge is 0.377 e. The first-order valence-electron chi connectivity index (χ1n) is 9.94. The highest BCUT2D eigenvalue weighted by Crippen LogP contribution is 2.28. The molecule has 1 saturated heterocycles. The van der Waals surface area contributed by atoms with Crippen LogP contribution in [0.15, 0.2) is 4.99 Å². The van der Waals surface area contributed by atoms with Crippen molar-refractivity contribution in [1.82, 2.24) is 15.4 Å². The molecular weight excluding hydrogens is 479 g/mol. The standard InChI is InChI=1S/C18H36N4O3S.HI/c1-14-10-15(2)12-16(11-14)22-18(19-3)20-7-9-26(23,24)21-13-17-6-4-5-8-25-17;/h14-17,21H,4-13H2,1-3H3,(H2,19,20,22);1H. The second-order valence-electron chi connectivity index (χ2n) is 7.91. The zero-order chi connectivity index (χ0) is 19.0. The summed E-state index contributed by atoms with van der Waals surface area (Å²) in [6.45, 7) is 6.00. The van der Waals surface area contributed by atoms with Crippen LogP contribution in [0.5, 0.6) is 0 Å². The van der Waals surface area contributed by atoms with Crippen molar-refractivity contribution in [3.8, 4) is 0 Å². The molecule has 0 spiro atoms. The highest BCUT2D eigenvalue weighted by Gasteiger charge is 2.24. The zero-order valence-electron chi connectivity index (χ0n) is 16.9. The van der Waals surface area contributed by atoms with Crippen molar-refractivity contribution in [3.63, 3.8) is 0 Å². The summed E-state index contributed by atoms with van der Waals surface area (Å²) in [6.07, 6.45) is 6.65. The van der Waals surface area contributed by atoms with Crippen LogP contribution in [0.4, 0.5) is 0 Å². The van der Waals surface area contributed by atoms with E-state index < -0.39 is 10.0 Å². The van der Waals surface area contributed by atoms with Gasteiger partial charge in [0.25, 0.3) is 0 Å². The number of rotatable bonds is 7. The average Bonchev–Trinajstić information content (AvgIpc) is 2.59. The van der Waals surface area contributed by atoms with E-state index in [-0.39, 0.29) is 35.8 Å². The topological polar surface area (TPSA) is 91.8 Å². The van der Waals surface area contributed by atoms with Gasteiger partial charge in [-0.25, -0.2) is 13.1 Å². The number of hydrogen-bond donors (Lipinski definition) is 3. The number of sulfonamides is 1. The molecule has 2 fully saturated rings. The molecule has 3 atom stereocenters. The Morgan fingerprint density at radius 1 is 1.15 bits per heavy atom. The molecule has 3 unspecified atom stereocenters. The van der Waals surface area contributed by atoms with Crippen molar-refractivity contribution in [2.45, 2.75) is 64.5 Å². The molecule has 0 aromatic heterocycles. The molecule has 0 bridgehead atoms. The van der Waals surface area contributed by atoms with Gasteiger partial charge in [-0.15, -0.1) is 24.0 Å². The number of nitrogens with one attached hydrogen (secondary N) is 3. The molecule has 7 nitrogen and oxygen atoms in total. The molecule has 160 valence electrons. The maximum absolute atomic E-state index is 12.2. The lowest BCUT2D eigenvalue weighted by Gasteiger charge is -2.32. The summed E-state index contributed by atoms with van der Waals surface area (Å²) in [4.78, 5) is 4.23. The van der Waals surface area contributed by atoms with E-state index in [1.807, 2.05) is 0 Å². The van der Waals surface area contributed by atoms with E-state index >= 15 is 0 Å². The van der Waals surface area contributed by atoms with Crippen LogP contribution in [0.3, 0.4) is 0 Å². The summed E-state index contributed by atoms with van der Waals surface area (Å²) < 4.78 is 32.5. The summed E-state index contributed by atoms with van der Waals surface area (Å²) in [7, 11) is -1.59. The number of ether oxygens (including phenoxy) is 1. The third-order valence-corrected chi connectivity index (χ3v) is 6.56. The fraction of sp³-hybridized carbons (Fsp3) is 0.944. The van der Waals surface area contributed by atoms with Crippen molar-refractivity contribution >= 4 is 40.0 Å². The third-order valence-electron chi connectivity index (χ3n) is 5.21. The SMILES string of the molecule is CN=C(NCCS(=O)(=O)NCC1CCCCO1)NC1CC(C)CC(C)C1.I. The number of guanidine groups is 1. The molecule has 9 heteroatoms. The maximum Gasteiger partial charge on any atom is 0.213 e. The molecule has 1 saturated carbocycles. The predicted molar refractivity (Wildman–Crippen MR) is 121 cm³/mol. The van der Waals surface area contributed by atoms with Gasteiger partial charge in [0.05, 0.1) is 11.9 Å². The minimum Gasteiger partial charge on any atom is -0.377 e. The van der Waals surface area contributed by atoms with Crippen molar-refractivity contribution in [3.05, 3.63) is 0 Å². The van der Waals surface area contributed by atoms with Crippen LogP contribution in [0, 0.1) is 11.8 Å². The first-order chi connectivity index (χ1) is 12.4. The van der Waals surface area contributed by atoms with Crippen molar-refractivity contribution in [1.29, 1.82) is 0 Å². The van der Waals surface area contributed by atoms with Crippen molar-refractivity contribution in [2.24, 2.45) is 16.8 Å². The van der Waals surface area contributed by atoms with Crippen LogP contribution in [0.1, 0.15) is 52.4 Å². The van der Waals surface area contributed by atoms with Gasteiger partial charge in [-0.3, -0.25) is 4.99 Å². The second kappa shape index (κ2) is 12.4. The van der Waals surface area contributed by atoms with Gasteiger partial charge >= 0.3 is 0 Å². The molecule has 1 aliphatic heterocycles. The highest BCUT2D eigenvalue weighted by atomic mass is 127. The Bertz CT molecular complexity index is 543. The van der Waals surface area contributed by atoms with E-state index in [0.717, 1.165) is 38.7 Å². The van der Waals surface area contributed by atoms with E-state index in [0.29, 0.717) is 36.9 Å². The van der Waals surface area contributed by atoms with E-state index in [4.69, 9.17) is 4.74 Å². The Balaban J connectivity index is 0.00000364. The lowest BCUT2D eigenvalue weighted by atomic mass is 9.80. The first-order valence-corrected chi connectivity index (χ1v) is 11.6. The van der Waals surface area contributed by atoms with Gasteiger partial charge in [0.1, 0.15) is 0 Å². The Kier molecular flexibility index (Phi) is 11.5.